The largest absolute Gasteiger partial charge is 0.326 e. The molecule has 0 amide bonds. The second kappa shape index (κ2) is 7.55. The average Bonchev–Trinajstić information content (AvgIpc) is 2.83. The molecule has 0 atom stereocenters. The van der Waals surface area contributed by atoms with E-state index in [9.17, 15) is 8.42 Å². The van der Waals surface area contributed by atoms with Crippen LogP contribution in [0.4, 0.5) is 0 Å². The molecule has 3 N–H and O–H groups in total. The Hall–Kier alpha value is 0.0500. The highest BCUT2D eigenvalue weighted by Crippen LogP contribution is 2.33. The maximum absolute atomic E-state index is 12.5. The zero-order valence-corrected chi connectivity index (χ0v) is 15.5. The summed E-state index contributed by atoms with van der Waals surface area (Å²) in [6, 6.07) is 1.73. The second-order valence-electron chi connectivity index (χ2n) is 5.68. The first-order valence-electron chi connectivity index (χ1n) is 7.46. The third-order valence-corrected chi connectivity index (χ3v) is 7.86. The molecule has 0 saturated heterocycles. The van der Waals surface area contributed by atoms with Crippen LogP contribution >= 0.6 is 27.3 Å². The zero-order valence-electron chi connectivity index (χ0n) is 12.3. The van der Waals surface area contributed by atoms with Crippen LogP contribution in [0.3, 0.4) is 0 Å². The van der Waals surface area contributed by atoms with Gasteiger partial charge in [0, 0.05) is 17.5 Å². The summed E-state index contributed by atoms with van der Waals surface area (Å²) in [5.74, 6) is 0.771. The quantitative estimate of drug-likeness (QED) is 0.773. The van der Waals surface area contributed by atoms with Gasteiger partial charge in [0.15, 0.2) is 0 Å². The first-order chi connectivity index (χ1) is 9.96. The van der Waals surface area contributed by atoms with Crippen molar-refractivity contribution in [2.75, 3.05) is 0 Å². The minimum atomic E-state index is -3.45. The first-order valence-corrected chi connectivity index (χ1v) is 10.6. The van der Waals surface area contributed by atoms with Gasteiger partial charge in [0.2, 0.25) is 10.0 Å². The minimum Gasteiger partial charge on any atom is -0.326 e. The first kappa shape index (κ1) is 17.4. The molecule has 1 heterocycles. The fraction of sp³-hybridized carbons (Fsp3) is 0.714. The van der Waals surface area contributed by atoms with Crippen LogP contribution in [0.2, 0.25) is 0 Å². The van der Waals surface area contributed by atoms with Gasteiger partial charge in [-0.05, 0) is 53.6 Å². The van der Waals surface area contributed by atoms with Crippen molar-refractivity contribution in [3.63, 3.8) is 0 Å². The van der Waals surface area contributed by atoms with E-state index in [-0.39, 0.29) is 6.04 Å². The van der Waals surface area contributed by atoms with Crippen molar-refractivity contribution < 1.29 is 8.42 Å². The Balaban J connectivity index is 2.00. The zero-order chi connectivity index (χ0) is 15.5. The number of nitrogens with two attached hydrogens (primary N) is 1. The molecule has 1 aromatic heterocycles. The molecular weight excluding hydrogens is 372 g/mol. The number of nitrogens with one attached hydrogen (secondary N) is 1. The lowest BCUT2D eigenvalue weighted by Gasteiger charge is -2.28. The van der Waals surface area contributed by atoms with Crippen LogP contribution in [0.25, 0.3) is 0 Å². The molecule has 0 aliphatic heterocycles. The number of hydrogen-bond acceptors (Lipinski definition) is 4. The number of sulfonamides is 1. The Morgan fingerprint density at radius 3 is 2.57 bits per heavy atom. The third-order valence-electron chi connectivity index (χ3n) is 4.06. The van der Waals surface area contributed by atoms with E-state index < -0.39 is 10.0 Å². The molecule has 2 rings (SSSR count). The van der Waals surface area contributed by atoms with Crippen LogP contribution in [0.1, 0.15) is 50.3 Å². The molecule has 120 valence electrons. The van der Waals surface area contributed by atoms with Crippen molar-refractivity contribution in [2.45, 2.75) is 62.9 Å². The number of thiophene rings is 1. The molecule has 1 aromatic rings. The smallest absolute Gasteiger partial charge is 0.242 e. The van der Waals surface area contributed by atoms with Gasteiger partial charge in [-0.1, -0.05) is 19.8 Å². The highest BCUT2D eigenvalue weighted by molar-refractivity contribution is 9.11. The number of hydrogen-bond donors (Lipinski definition) is 2. The molecule has 1 aliphatic carbocycles. The molecule has 1 fully saturated rings. The van der Waals surface area contributed by atoms with Gasteiger partial charge in [-0.15, -0.1) is 11.3 Å². The molecule has 0 radical (unpaired) electrons. The van der Waals surface area contributed by atoms with Crippen molar-refractivity contribution in [3.05, 3.63) is 14.7 Å². The van der Waals surface area contributed by atoms with Gasteiger partial charge >= 0.3 is 0 Å². The van der Waals surface area contributed by atoms with Crippen molar-refractivity contribution in [2.24, 2.45) is 11.7 Å². The molecular formula is C14H23BrN2O2S2. The standard InChI is InChI=1S/C14H23BrN2O2S2/c1-2-3-10-4-6-11(7-5-10)17-21(18,19)13-8-12(9-16)20-14(13)15/h8,10-11,17H,2-7,9,16H2,1H3. The molecule has 0 unspecified atom stereocenters. The normalized spacial score (nSPS) is 23.4. The molecule has 4 nitrogen and oxygen atoms in total. The Bertz CT molecular complexity index is 564. The predicted molar refractivity (Wildman–Crippen MR) is 90.9 cm³/mol. The lowest BCUT2D eigenvalue weighted by molar-refractivity contribution is 0.297. The van der Waals surface area contributed by atoms with Crippen molar-refractivity contribution >= 4 is 37.3 Å². The monoisotopic (exact) mass is 394 g/mol. The van der Waals surface area contributed by atoms with Crippen molar-refractivity contribution in [1.82, 2.24) is 4.72 Å². The second-order valence-corrected chi connectivity index (χ2v) is 9.82. The molecule has 21 heavy (non-hydrogen) atoms. The Labute approximate surface area is 139 Å². The summed E-state index contributed by atoms with van der Waals surface area (Å²) >= 11 is 4.72. The van der Waals surface area contributed by atoms with Gasteiger partial charge in [0.25, 0.3) is 0 Å². The van der Waals surface area contributed by atoms with E-state index in [1.807, 2.05) is 0 Å². The fourth-order valence-corrected chi connectivity index (χ4v) is 6.81. The summed E-state index contributed by atoms with van der Waals surface area (Å²) < 4.78 is 28.5. The Morgan fingerprint density at radius 1 is 1.38 bits per heavy atom. The van der Waals surface area contributed by atoms with Crippen molar-refractivity contribution in [3.8, 4) is 0 Å². The van der Waals surface area contributed by atoms with Crippen LogP contribution in [0.5, 0.6) is 0 Å². The molecule has 0 aromatic carbocycles. The molecule has 1 aliphatic rings. The predicted octanol–water partition coefficient (Wildman–Crippen LogP) is 3.61. The Kier molecular flexibility index (Phi) is 6.25. The SMILES string of the molecule is CCCC1CCC(NS(=O)(=O)c2cc(CN)sc2Br)CC1. The maximum Gasteiger partial charge on any atom is 0.242 e. The average molecular weight is 395 g/mol. The van der Waals surface area contributed by atoms with Crippen LogP contribution in [0.15, 0.2) is 14.7 Å². The maximum atomic E-state index is 12.5. The van der Waals surface area contributed by atoms with E-state index in [1.54, 1.807) is 6.07 Å². The van der Waals surface area contributed by atoms with E-state index in [4.69, 9.17) is 5.73 Å². The third kappa shape index (κ3) is 4.51. The molecule has 0 spiro atoms. The Morgan fingerprint density at radius 2 is 2.05 bits per heavy atom. The van der Waals surface area contributed by atoms with E-state index >= 15 is 0 Å². The molecule has 0 bridgehead atoms. The van der Waals surface area contributed by atoms with Crippen LogP contribution < -0.4 is 10.5 Å². The summed E-state index contributed by atoms with van der Waals surface area (Å²) in [5.41, 5.74) is 5.58. The van der Waals surface area contributed by atoms with Gasteiger partial charge in [-0.3, -0.25) is 0 Å². The lowest BCUT2D eigenvalue weighted by Crippen LogP contribution is -2.37. The van der Waals surface area contributed by atoms with E-state index in [0.29, 0.717) is 15.2 Å². The van der Waals surface area contributed by atoms with Crippen molar-refractivity contribution in [1.29, 1.82) is 0 Å². The van der Waals surface area contributed by atoms with E-state index in [2.05, 4.69) is 27.6 Å². The van der Waals surface area contributed by atoms with Gasteiger partial charge in [0.1, 0.15) is 4.90 Å². The summed E-state index contributed by atoms with van der Waals surface area (Å²) in [7, 11) is -3.45. The lowest BCUT2D eigenvalue weighted by atomic mass is 9.84. The highest BCUT2D eigenvalue weighted by Gasteiger charge is 2.27. The molecule has 7 heteroatoms. The molecule has 1 saturated carbocycles. The topological polar surface area (TPSA) is 72.2 Å². The summed E-state index contributed by atoms with van der Waals surface area (Å²) in [6.45, 7) is 2.57. The fourth-order valence-electron chi connectivity index (χ4n) is 2.94. The van der Waals surface area contributed by atoms with Gasteiger partial charge < -0.3 is 5.73 Å². The van der Waals surface area contributed by atoms with E-state index in [0.717, 1.165) is 36.5 Å². The van der Waals surface area contributed by atoms with Crippen LogP contribution in [-0.4, -0.2) is 14.5 Å². The number of rotatable bonds is 6. The van der Waals surface area contributed by atoms with Gasteiger partial charge in [0.05, 0.1) is 3.79 Å². The van der Waals surface area contributed by atoms with Crippen LogP contribution in [-0.2, 0) is 16.6 Å². The summed E-state index contributed by atoms with van der Waals surface area (Å²) in [6.07, 6.45) is 6.60. The number of halogens is 1. The van der Waals surface area contributed by atoms with Gasteiger partial charge in [-0.25, -0.2) is 13.1 Å². The van der Waals surface area contributed by atoms with Crippen LogP contribution in [0, 0.1) is 5.92 Å². The highest BCUT2D eigenvalue weighted by atomic mass is 79.9. The summed E-state index contributed by atoms with van der Waals surface area (Å²) in [5, 5.41) is 0. The van der Waals surface area contributed by atoms with E-state index in [1.165, 1.54) is 24.2 Å². The minimum absolute atomic E-state index is 0.0660. The van der Waals surface area contributed by atoms with Gasteiger partial charge in [-0.2, -0.15) is 0 Å². The summed E-state index contributed by atoms with van der Waals surface area (Å²) in [4.78, 5) is 1.19.